The smallest absolute Gasteiger partial charge is 0.326 e. The van der Waals surface area contributed by atoms with Gasteiger partial charge < -0.3 is 5.73 Å². The molecular formula is C14H16F3N3. The first-order valence-corrected chi connectivity index (χ1v) is 6.19. The molecule has 2 aromatic rings. The topological polar surface area (TPSA) is 43.8 Å². The van der Waals surface area contributed by atoms with Gasteiger partial charge in [-0.3, -0.25) is 0 Å². The molecule has 0 aliphatic rings. The number of rotatable bonds is 2. The maximum atomic E-state index is 13.2. The third kappa shape index (κ3) is 2.43. The molecule has 20 heavy (non-hydrogen) atoms. The van der Waals surface area contributed by atoms with Gasteiger partial charge in [0, 0.05) is 12.2 Å². The van der Waals surface area contributed by atoms with Crippen LogP contribution in [0.3, 0.4) is 0 Å². The Morgan fingerprint density at radius 3 is 2.30 bits per heavy atom. The van der Waals surface area contributed by atoms with E-state index in [2.05, 4.69) is 5.10 Å². The summed E-state index contributed by atoms with van der Waals surface area (Å²) in [5.74, 6) is 0. The van der Waals surface area contributed by atoms with Crippen LogP contribution in [0, 0.1) is 20.8 Å². The molecule has 3 nitrogen and oxygen atoms in total. The zero-order valence-electron chi connectivity index (χ0n) is 11.5. The van der Waals surface area contributed by atoms with Crippen LogP contribution in [0.2, 0.25) is 0 Å². The summed E-state index contributed by atoms with van der Waals surface area (Å²) in [6, 6.07) is 4.10. The minimum atomic E-state index is -4.44. The molecule has 2 rings (SSSR count). The summed E-state index contributed by atoms with van der Waals surface area (Å²) >= 11 is 0. The summed E-state index contributed by atoms with van der Waals surface area (Å²) < 4.78 is 41.0. The molecule has 0 radical (unpaired) electrons. The minimum absolute atomic E-state index is 0.0309. The molecule has 0 saturated carbocycles. The van der Waals surface area contributed by atoms with E-state index in [0.717, 1.165) is 17.3 Å². The summed E-state index contributed by atoms with van der Waals surface area (Å²) in [7, 11) is 0. The summed E-state index contributed by atoms with van der Waals surface area (Å²) in [6.07, 6.45) is -4.44. The van der Waals surface area contributed by atoms with Gasteiger partial charge in [-0.15, -0.1) is 0 Å². The lowest BCUT2D eigenvalue weighted by atomic mass is 10.1. The summed E-state index contributed by atoms with van der Waals surface area (Å²) in [5, 5.41) is 4.20. The zero-order valence-corrected chi connectivity index (χ0v) is 11.5. The van der Waals surface area contributed by atoms with Crippen LogP contribution in [-0.2, 0) is 12.7 Å². The number of alkyl halides is 3. The monoisotopic (exact) mass is 283 g/mol. The highest BCUT2D eigenvalue weighted by Gasteiger charge is 2.35. The van der Waals surface area contributed by atoms with Crippen LogP contribution >= 0.6 is 0 Å². The molecule has 0 aliphatic carbocycles. The third-order valence-corrected chi connectivity index (χ3v) is 3.48. The molecule has 6 heteroatoms. The van der Waals surface area contributed by atoms with Gasteiger partial charge in [0.15, 0.2) is 0 Å². The molecule has 1 aromatic carbocycles. The van der Waals surface area contributed by atoms with Crippen molar-refractivity contribution in [3.63, 3.8) is 0 Å². The Morgan fingerprint density at radius 1 is 1.20 bits per heavy atom. The van der Waals surface area contributed by atoms with Crippen molar-refractivity contribution in [2.24, 2.45) is 5.73 Å². The Labute approximate surface area is 115 Å². The average Bonchev–Trinajstić information content (AvgIpc) is 2.65. The quantitative estimate of drug-likeness (QED) is 0.919. The highest BCUT2D eigenvalue weighted by Crippen LogP contribution is 2.35. The minimum Gasteiger partial charge on any atom is -0.326 e. The SMILES string of the molecule is Cc1nn(-c2ccc(CN)cc2C(F)(F)F)c(C)c1C. The Bertz CT molecular complexity index is 642. The number of aryl methyl sites for hydroxylation is 1. The number of hydrogen-bond acceptors (Lipinski definition) is 2. The van der Waals surface area contributed by atoms with E-state index >= 15 is 0 Å². The molecular weight excluding hydrogens is 267 g/mol. The van der Waals surface area contributed by atoms with E-state index in [1.165, 1.54) is 10.7 Å². The van der Waals surface area contributed by atoms with Crippen LogP contribution in [-0.4, -0.2) is 9.78 Å². The van der Waals surface area contributed by atoms with Crippen molar-refractivity contribution in [1.29, 1.82) is 0 Å². The van der Waals surface area contributed by atoms with Crippen LogP contribution < -0.4 is 5.73 Å². The van der Waals surface area contributed by atoms with Gasteiger partial charge in [-0.2, -0.15) is 18.3 Å². The number of halogens is 3. The van der Waals surface area contributed by atoms with Crippen LogP contribution in [0.25, 0.3) is 5.69 Å². The van der Waals surface area contributed by atoms with Crippen molar-refractivity contribution < 1.29 is 13.2 Å². The molecule has 1 heterocycles. The highest BCUT2D eigenvalue weighted by molar-refractivity contribution is 5.47. The lowest BCUT2D eigenvalue weighted by Gasteiger charge is -2.15. The number of aromatic nitrogens is 2. The molecule has 0 fully saturated rings. The van der Waals surface area contributed by atoms with Gasteiger partial charge in [-0.25, -0.2) is 4.68 Å². The standard InChI is InChI=1S/C14H16F3N3/c1-8-9(2)19-20(10(8)3)13-5-4-11(7-18)6-12(13)14(15,16)17/h4-6H,7,18H2,1-3H3. The highest BCUT2D eigenvalue weighted by atomic mass is 19.4. The first kappa shape index (κ1) is 14.6. The molecule has 1 aromatic heterocycles. The predicted molar refractivity (Wildman–Crippen MR) is 70.7 cm³/mol. The number of nitrogens with zero attached hydrogens (tertiary/aromatic N) is 2. The van der Waals surface area contributed by atoms with Gasteiger partial charge in [0.25, 0.3) is 0 Å². The fourth-order valence-electron chi connectivity index (χ4n) is 2.08. The normalized spacial score (nSPS) is 11.9. The maximum Gasteiger partial charge on any atom is 0.418 e. The van der Waals surface area contributed by atoms with E-state index in [9.17, 15) is 13.2 Å². The molecule has 108 valence electrons. The van der Waals surface area contributed by atoms with E-state index in [0.29, 0.717) is 11.3 Å². The van der Waals surface area contributed by atoms with Crippen molar-refractivity contribution >= 4 is 0 Å². The second-order valence-electron chi connectivity index (χ2n) is 4.76. The Morgan fingerprint density at radius 2 is 1.85 bits per heavy atom. The zero-order chi connectivity index (χ0) is 15.1. The van der Waals surface area contributed by atoms with Crippen molar-refractivity contribution in [2.75, 3.05) is 0 Å². The molecule has 0 bridgehead atoms. The first-order valence-electron chi connectivity index (χ1n) is 6.19. The fourth-order valence-corrected chi connectivity index (χ4v) is 2.08. The third-order valence-electron chi connectivity index (χ3n) is 3.48. The van der Waals surface area contributed by atoms with Crippen molar-refractivity contribution in [3.05, 3.63) is 46.3 Å². The second kappa shape index (κ2) is 4.94. The van der Waals surface area contributed by atoms with E-state index in [4.69, 9.17) is 5.73 Å². The number of hydrogen-bond donors (Lipinski definition) is 1. The summed E-state index contributed by atoms with van der Waals surface area (Å²) in [4.78, 5) is 0. The van der Waals surface area contributed by atoms with Gasteiger partial charge in [0.2, 0.25) is 0 Å². The summed E-state index contributed by atoms with van der Waals surface area (Å²) in [6.45, 7) is 5.45. The number of nitrogens with two attached hydrogens (primary N) is 1. The van der Waals surface area contributed by atoms with Crippen molar-refractivity contribution in [1.82, 2.24) is 9.78 Å². The molecule has 0 spiro atoms. The van der Waals surface area contributed by atoms with Crippen LogP contribution in [0.1, 0.15) is 28.1 Å². The second-order valence-corrected chi connectivity index (χ2v) is 4.76. The fraction of sp³-hybridized carbons (Fsp3) is 0.357. The van der Waals surface area contributed by atoms with Crippen LogP contribution in [0.5, 0.6) is 0 Å². The Kier molecular flexibility index (Phi) is 3.60. The van der Waals surface area contributed by atoms with Gasteiger partial charge >= 0.3 is 6.18 Å². The number of benzene rings is 1. The van der Waals surface area contributed by atoms with E-state index in [-0.39, 0.29) is 12.2 Å². The van der Waals surface area contributed by atoms with E-state index < -0.39 is 11.7 Å². The van der Waals surface area contributed by atoms with Gasteiger partial charge in [-0.1, -0.05) is 6.07 Å². The van der Waals surface area contributed by atoms with Gasteiger partial charge in [-0.05, 0) is 44.0 Å². The van der Waals surface area contributed by atoms with Crippen LogP contribution in [0.4, 0.5) is 13.2 Å². The largest absolute Gasteiger partial charge is 0.418 e. The lowest BCUT2D eigenvalue weighted by molar-refractivity contribution is -0.137. The van der Waals surface area contributed by atoms with E-state index in [1.54, 1.807) is 19.9 Å². The lowest BCUT2D eigenvalue weighted by Crippen LogP contribution is -2.14. The predicted octanol–water partition coefficient (Wildman–Crippen LogP) is 3.28. The first-order chi connectivity index (χ1) is 9.25. The molecule has 0 saturated heterocycles. The van der Waals surface area contributed by atoms with Gasteiger partial charge in [0.05, 0.1) is 16.9 Å². The van der Waals surface area contributed by atoms with Crippen molar-refractivity contribution in [3.8, 4) is 5.69 Å². The van der Waals surface area contributed by atoms with E-state index in [1.807, 2.05) is 6.92 Å². The molecule has 0 amide bonds. The Hall–Kier alpha value is -1.82. The van der Waals surface area contributed by atoms with Gasteiger partial charge in [0.1, 0.15) is 0 Å². The molecule has 0 aliphatic heterocycles. The van der Waals surface area contributed by atoms with Crippen molar-refractivity contribution in [2.45, 2.75) is 33.5 Å². The molecule has 0 unspecified atom stereocenters. The Balaban J connectivity index is 2.70. The summed E-state index contributed by atoms with van der Waals surface area (Å²) in [5.41, 5.74) is 7.49. The van der Waals surface area contributed by atoms with Crippen LogP contribution in [0.15, 0.2) is 18.2 Å². The maximum absolute atomic E-state index is 13.2. The molecule has 2 N–H and O–H groups in total. The molecule has 0 atom stereocenters. The average molecular weight is 283 g/mol.